The molecule has 0 unspecified atom stereocenters. The summed E-state index contributed by atoms with van der Waals surface area (Å²) < 4.78 is 5.89. The standard InChI is InChI=1S/C29H30N2O2/c1-6-33-28-17-23(8-9-25(28)16-24-12-19(2)11-20(3)13-24)15-26(18-30)29(32)31-27-10-7-21(4)22(5)14-27/h7-15,17H,6,16H2,1-5H3,(H,31,32)/b26-15+. The highest BCUT2D eigenvalue weighted by atomic mass is 16.5. The van der Waals surface area contributed by atoms with E-state index in [9.17, 15) is 10.1 Å². The van der Waals surface area contributed by atoms with Crippen molar-refractivity contribution in [1.82, 2.24) is 0 Å². The lowest BCUT2D eigenvalue weighted by Crippen LogP contribution is -2.13. The fraction of sp³-hybridized carbons (Fsp3) is 0.241. The minimum Gasteiger partial charge on any atom is -0.494 e. The molecule has 0 aliphatic carbocycles. The molecular weight excluding hydrogens is 408 g/mol. The third kappa shape index (κ3) is 6.33. The molecule has 3 aromatic carbocycles. The van der Waals surface area contributed by atoms with Crippen LogP contribution in [0.1, 0.15) is 45.9 Å². The zero-order chi connectivity index (χ0) is 24.0. The van der Waals surface area contributed by atoms with Crippen LogP contribution in [-0.4, -0.2) is 12.5 Å². The largest absolute Gasteiger partial charge is 0.494 e. The zero-order valence-corrected chi connectivity index (χ0v) is 20.0. The van der Waals surface area contributed by atoms with E-state index in [0.717, 1.165) is 34.4 Å². The molecule has 0 bridgehead atoms. The summed E-state index contributed by atoms with van der Waals surface area (Å²) in [5, 5.41) is 12.4. The van der Waals surface area contributed by atoms with Crippen molar-refractivity contribution in [1.29, 1.82) is 5.26 Å². The molecule has 0 radical (unpaired) electrons. The summed E-state index contributed by atoms with van der Waals surface area (Å²) in [4.78, 5) is 12.7. The molecule has 0 heterocycles. The van der Waals surface area contributed by atoms with E-state index in [1.54, 1.807) is 6.08 Å². The van der Waals surface area contributed by atoms with Gasteiger partial charge in [0, 0.05) is 12.1 Å². The summed E-state index contributed by atoms with van der Waals surface area (Å²) in [6.45, 7) is 10.7. The molecule has 0 aliphatic heterocycles. The van der Waals surface area contributed by atoms with E-state index in [1.165, 1.54) is 16.7 Å². The Kier molecular flexibility index (Phi) is 7.69. The second-order valence-electron chi connectivity index (χ2n) is 8.40. The highest BCUT2D eigenvalue weighted by Crippen LogP contribution is 2.26. The van der Waals surface area contributed by atoms with Gasteiger partial charge in [0.2, 0.25) is 0 Å². The van der Waals surface area contributed by atoms with Crippen LogP contribution < -0.4 is 10.1 Å². The number of aryl methyl sites for hydroxylation is 4. The van der Waals surface area contributed by atoms with Crippen LogP contribution in [0.15, 0.2) is 60.2 Å². The summed E-state index contributed by atoms with van der Waals surface area (Å²) in [6, 6.07) is 20.0. The van der Waals surface area contributed by atoms with Gasteiger partial charge < -0.3 is 10.1 Å². The van der Waals surface area contributed by atoms with Crippen molar-refractivity contribution in [2.45, 2.75) is 41.0 Å². The maximum atomic E-state index is 12.7. The molecule has 3 aromatic rings. The number of nitrogens with one attached hydrogen (secondary N) is 1. The van der Waals surface area contributed by atoms with Crippen molar-refractivity contribution in [3.05, 3.63) is 99.1 Å². The maximum absolute atomic E-state index is 12.7. The second-order valence-corrected chi connectivity index (χ2v) is 8.40. The molecule has 1 amide bonds. The molecule has 4 heteroatoms. The van der Waals surface area contributed by atoms with Gasteiger partial charge in [-0.3, -0.25) is 4.79 Å². The smallest absolute Gasteiger partial charge is 0.266 e. The minimum atomic E-state index is -0.432. The van der Waals surface area contributed by atoms with Gasteiger partial charge in [-0.05, 0) is 86.7 Å². The van der Waals surface area contributed by atoms with Crippen molar-refractivity contribution in [2.75, 3.05) is 11.9 Å². The van der Waals surface area contributed by atoms with Crippen LogP contribution in [0.25, 0.3) is 6.08 Å². The van der Waals surface area contributed by atoms with Crippen LogP contribution >= 0.6 is 0 Å². The van der Waals surface area contributed by atoms with Crippen LogP contribution in [0.4, 0.5) is 5.69 Å². The lowest BCUT2D eigenvalue weighted by Gasteiger charge is -2.13. The van der Waals surface area contributed by atoms with Gasteiger partial charge in [-0.15, -0.1) is 0 Å². The van der Waals surface area contributed by atoms with Gasteiger partial charge in [0.05, 0.1) is 6.61 Å². The molecule has 0 fully saturated rings. The average Bonchev–Trinajstić information content (AvgIpc) is 2.75. The van der Waals surface area contributed by atoms with E-state index in [-0.39, 0.29) is 5.57 Å². The first kappa shape index (κ1) is 23.8. The molecule has 3 rings (SSSR count). The van der Waals surface area contributed by atoms with Crippen molar-refractivity contribution < 1.29 is 9.53 Å². The number of nitriles is 1. The first-order valence-corrected chi connectivity index (χ1v) is 11.1. The predicted molar refractivity (Wildman–Crippen MR) is 134 cm³/mol. The number of hydrogen-bond acceptors (Lipinski definition) is 3. The maximum Gasteiger partial charge on any atom is 0.266 e. The fourth-order valence-corrected chi connectivity index (χ4v) is 3.82. The monoisotopic (exact) mass is 438 g/mol. The molecule has 168 valence electrons. The summed E-state index contributed by atoms with van der Waals surface area (Å²) >= 11 is 0. The molecule has 0 saturated carbocycles. The van der Waals surface area contributed by atoms with Crippen LogP contribution in [0, 0.1) is 39.0 Å². The van der Waals surface area contributed by atoms with E-state index in [0.29, 0.717) is 12.3 Å². The number of rotatable bonds is 7. The Morgan fingerprint density at radius 2 is 1.70 bits per heavy atom. The Hall–Kier alpha value is -3.84. The SMILES string of the molecule is CCOc1cc(/C=C(\C#N)C(=O)Nc2ccc(C)c(C)c2)ccc1Cc1cc(C)cc(C)c1. The highest BCUT2D eigenvalue weighted by molar-refractivity contribution is 6.09. The van der Waals surface area contributed by atoms with Gasteiger partial charge in [-0.25, -0.2) is 0 Å². The Balaban J connectivity index is 1.86. The predicted octanol–water partition coefficient (Wildman–Crippen LogP) is 6.46. The van der Waals surface area contributed by atoms with Crippen LogP contribution in [-0.2, 0) is 11.2 Å². The quantitative estimate of drug-likeness (QED) is 0.340. The zero-order valence-electron chi connectivity index (χ0n) is 20.0. The van der Waals surface area contributed by atoms with Crippen LogP contribution in [0.2, 0.25) is 0 Å². The molecule has 0 spiro atoms. The van der Waals surface area contributed by atoms with E-state index in [2.05, 4.69) is 37.4 Å². The molecule has 0 aliphatic rings. The summed E-state index contributed by atoms with van der Waals surface area (Å²) in [5.41, 5.74) is 8.44. The van der Waals surface area contributed by atoms with Gasteiger partial charge in [-0.2, -0.15) is 5.26 Å². The number of ether oxygens (including phenoxy) is 1. The molecule has 0 atom stereocenters. The molecule has 0 saturated heterocycles. The van der Waals surface area contributed by atoms with Crippen LogP contribution in [0.5, 0.6) is 5.75 Å². The van der Waals surface area contributed by atoms with E-state index in [4.69, 9.17) is 4.74 Å². The van der Waals surface area contributed by atoms with Crippen molar-refractivity contribution >= 4 is 17.7 Å². The molecule has 33 heavy (non-hydrogen) atoms. The Morgan fingerprint density at radius 3 is 2.33 bits per heavy atom. The molecule has 1 N–H and O–H groups in total. The Bertz CT molecular complexity index is 1230. The van der Waals surface area contributed by atoms with Gasteiger partial charge in [0.15, 0.2) is 0 Å². The van der Waals surface area contributed by atoms with Crippen LogP contribution in [0.3, 0.4) is 0 Å². The average molecular weight is 439 g/mol. The number of nitrogens with zero attached hydrogens (tertiary/aromatic N) is 1. The number of anilines is 1. The van der Waals surface area contributed by atoms with Gasteiger partial charge in [0.1, 0.15) is 17.4 Å². The van der Waals surface area contributed by atoms with Gasteiger partial charge in [0.25, 0.3) is 5.91 Å². The fourth-order valence-electron chi connectivity index (χ4n) is 3.82. The lowest BCUT2D eigenvalue weighted by molar-refractivity contribution is -0.112. The third-order valence-electron chi connectivity index (χ3n) is 5.51. The van der Waals surface area contributed by atoms with Gasteiger partial charge >= 0.3 is 0 Å². The van der Waals surface area contributed by atoms with Crippen molar-refractivity contribution in [3.63, 3.8) is 0 Å². The number of carbonyl (C=O) groups excluding carboxylic acids is 1. The molecule has 4 nitrogen and oxygen atoms in total. The summed E-state index contributed by atoms with van der Waals surface area (Å²) in [6.07, 6.45) is 2.35. The van der Waals surface area contributed by atoms with E-state index < -0.39 is 5.91 Å². The summed E-state index contributed by atoms with van der Waals surface area (Å²) in [7, 11) is 0. The van der Waals surface area contributed by atoms with E-state index >= 15 is 0 Å². The normalized spacial score (nSPS) is 11.1. The number of carbonyl (C=O) groups is 1. The molecular formula is C29H30N2O2. The van der Waals surface area contributed by atoms with E-state index in [1.807, 2.05) is 63.2 Å². The highest BCUT2D eigenvalue weighted by Gasteiger charge is 2.12. The number of hydrogen-bond donors (Lipinski definition) is 1. The first-order valence-electron chi connectivity index (χ1n) is 11.1. The number of amides is 1. The third-order valence-corrected chi connectivity index (χ3v) is 5.51. The Labute approximate surface area is 196 Å². The molecule has 0 aromatic heterocycles. The summed E-state index contributed by atoms with van der Waals surface area (Å²) in [5.74, 6) is 0.329. The first-order chi connectivity index (χ1) is 15.8. The van der Waals surface area contributed by atoms with Gasteiger partial charge in [-0.1, -0.05) is 47.5 Å². The minimum absolute atomic E-state index is 0.0396. The number of benzene rings is 3. The second kappa shape index (κ2) is 10.7. The van der Waals surface area contributed by atoms with Crippen molar-refractivity contribution in [3.8, 4) is 11.8 Å². The topological polar surface area (TPSA) is 62.1 Å². The Morgan fingerprint density at radius 1 is 0.970 bits per heavy atom. The van der Waals surface area contributed by atoms with Crippen molar-refractivity contribution in [2.24, 2.45) is 0 Å². The lowest BCUT2D eigenvalue weighted by atomic mass is 9.98.